The summed E-state index contributed by atoms with van der Waals surface area (Å²) in [7, 11) is 3.75. The van der Waals surface area contributed by atoms with E-state index in [1.807, 2.05) is 51.4 Å². The molecular formula is C14H16N2O2S. The van der Waals surface area contributed by atoms with Crippen LogP contribution < -0.4 is 15.4 Å². The quantitative estimate of drug-likeness (QED) is 0.776. The van der Waals surface area contributed by atoms with Gasteiger partial charge < -0.3 is 15.4 Å². The molecule has 4 nitrogen and oxygen atoms in total. The summed E-state index contributed by atoms with van der Waals surface area (Å²) in [4.78, 5) is 13.0. The molecule has 0 atom stereocenters. The zero-order valence-electron chi connectivity index (χ0n) is 11.1. The van der Waals surface area contributed by atoms with Gasteiger partial charge in [-0.05, 0) is 39.2 Å². The molecular weight excluding hydrogens is 260 g/mol. The number of carbonyl (C=O) groups is 1. The predicted octanol–water partition coefficient (Wildman–Crippen LogP) is 3.25. The van der Waals surface area contributed by atoms with Gasteiger partial charge in [0.1, 0.15) is 0 Å². The predicted molar refractivity (Wildman–Crippen MR) is 78.5 cm³/mol. The minimum atomic E-state index is -0.107. The van der Waals surface area contributed by atoms with Crippen molar-refractivity contribution in [2.45, 2.75) is 6.92 Å². The Hall–Kier alpha value is -1.85. The highest BCUT2D eigenvalue weighted by Crippen LogP contribution is 2.40. The third kappa shape index (κ3) is 2.94. The normalized spacial score (nSPS) is 12.1. The lowest BCUT2D eigenvalue weighted by molar-refractivity contribution is 0.102. The molecule has 5 heteroatoms. The zero-order valence-corrected chi connectivity index (χ0v) is 11.9. The van der Waals surface area contributed by atoms with E-state index in [1.165, 1.54) is 11.3 Å². The minimum absolute atomic E-state index is 0.107. The molecule has 1 aliphatic rings. The highest BCUT2D eigenvalue weighted by atomic mass is 32.1. The van der Waals surface area contributed by atoms with Gasteiger partial charge in [0.15, 0.2) is 10.8 Å². The molecule has 2 aromatic rings. The van der Waals surface area contributed by atoms with Crippen LogP contribution in [0.15, 0.2) is 30.3 Å². The molecule has 0 unspecified atom stereocenters. The van der Waals surface area contributed by atoms with Crippen LogP contribution in [0.1, 0.15) is 15.2 Å². The Kier molecular flexibility index (Phi) is 4.19. The number of carbonyl (C=O) groups excluding carboxylic acids is 1. The Balaban J connectivity index is 0.000000408. The van der Waals surface area contributed by atoms with E-state index in [0.29, 0.717) is 22.1 Å². The summed E-state index contributed by atoms with van der Waals surface area (Å²) >= 11 is 1.49. The summed E-state index contributed by atoms with van der Waals surface area (Å²) in [5, 5.41) is 6.25. The maximum Gasteiger partial charge on any atom is 0.260 e. The first kappa shape index (κ1) is 13.6. The third-order valence-electron chi connectivity index (χ3n) is 2.40. The molecule has 2 N–H and O–H groups in total. The smallest absolute Gasteiger partial charge is 0.260 e. The minimum Gasteiger partial charge on any atom is -0.444 e. The van der Waals surface area contributed by atoms with Crippen LogP contribution in [0.5, 0.6) is 10.8 Å². The summed E-state index contributed by atoms with van der Waals surface area (Å²) in [5.41, 5.74) is 1.33. The number of nitrogens with one attached hydrogen (secondary N) is 2. The van der Waals surface area contributed by atoms with Crippen LogP contribution in [-0.2, 0) is 0 Å². The van der Waals surface area contributed by atoms with Gasteiger partial charge in [0.25, 0.3) is 5.91 Å². The van der Waals surface area contributed by atoms with E-state index in [0.717, 1.165) is 4.88 Å². The van der Waals surface area contributed by atoms with Crippen LogP contribution in [0.2, 0.25) is 0 Å². The van der Waals surface area contributed by atoms with Crippen LogP contribution >= 0.6 is 11.3 Å². The molecule has 1 amide bonds. The van der Waals surface area contributed by atoms with Gasteiger partial charge in [-0.25, -0.2) is 0 Å². The van der Waals surface area contributed by atoms with E-state index < -0.39 is 0 Å². The Labute approximate surface area is 116 Å². The highest BCUT2D eigenvalue weighted by molar-refractivity contribution is 7.14. The van der Waals surface area contributed by atoms with Gasteiger partial charge in [-0.3, -0.25) is 4.79 Å². The van der Waals surface area contributed by atoms with Gasteiger partial charge in [-0.15, -0.1) is 11.3 Å². The number of benzene rings is 1. The van der Waals surface area contributed by atoms with E-state index in [4.69, 9.17) is 4.74 Å². The second-order valence-electron chi connectivity index (χ2n) is 4.11. The molecule has 3 rings (SSSR count). The molecule has 2 heterocycles. The molecule has 1 aromatic carbocycles. The van der Waals surface area contributed by atoms with Crippen molar-refractivity contribution in [2.75, 3.05) is 19.4 Å². The fourth-order valence-electron chi connectivity index (χ4n) is 1.68. The summed E-state index contributed by atoms with van der Waals surface area (Å²) in [6.45, 7) is 1.96. The van der Waals surface area contributed by atoms with Crippen molar-refractivity contribution in [3.8, 4) is 10.8 Å². The molecule has 0 aliphatic carbocycles. The average Bonchev–Trinajstić information content (AvgIpc) is 2.68. The lowest BCUT2D eigenvalue weighted by Crippen LogP contribution is -2.09. The van der Waals surface area contributed by atoms with E-state index >= 15 is 0 Å². The van der Waals surface area contributed by atoms with Crippen molar-refractivity contribution in [1.82, 2.24) is 5.32 Å². The number of anilines is 1. The number of ether oxygens (including phenoxy) is 1. The van der Waals surface area contributed by atoms with Crippen LogP contribution in [0, 0.1) is 6.92 Å². The van der Waals surface area contributed by atoms with Crippen molar-refractivity contribution >= 4 is 22.9 Å². The fraction of sp³-hybridized carbons (Fsp3) is 0.214. The van der Waals surface area contributed by atoms with Crippen LogP contribution in [0.4, 0.5) is 5.69 Å². The van der Waals surface area contributed by atoms with Crippen molar-refractivity contribution in [1.29, 1.82) is 0 Å². The Morgan fingerprint density at radius 2 is 1.95 bits per heavy atom. The molecule has 0 spiro atoms. The van der Waals surface area contributed by atoms with Gasteiger partial charge in [-0.1, -0.05) is 12.1 Å². The van der Waals surface area contributed by atoms with Gasteiger partial charge in [0.2, 0.25) is 0 Å². The molecule has 100 valence electrons. The third-order valence-corrected chi connectivity index (χ3v) is 3.33. The van der Waals surface area contributed by atoms with Crippen molar-refractivity contribution in [3.63, 3.8) is 0 Å². The van der Waals surface area contributed by atoms with Crippen molar-refractivity contribution in [3.05, 3.63) is 40.8 Å². The number of hydrogen-bond donors (Lipinski definition) is 2. The van der Waals surface area contributed by atoms with E-state index in [1.54, 1.807) is 0 Å². The summed E-state index contributed by atoms with van der Waals surface area (Å²) < 4.78 is 5.73. The van der Waals surface area contributed by atoms with Crippen molar-refractivity contribution < 1.29 is 9.53 Å². The summed E-state index contributed by atoms with van der Waals surface area (Å²) in [5.74, 6) is 0.584. The molecule has 1 aromatic heterocycles. The first-order valence-corrected chi connectivity index (χ1v) is 6.74. The van der Waals surface area contributed by atoms with Gasteiger partial charge >= 0.3 is 0 Å². The number of amides is 1. The van der Waals surface area contributed by atoms with Crippen LogP contribution in [0.3, 0.4) is 0 Å². The largest absolute Gasteiger partial charge is 0.444 e. The second kappa shape index (κ2) is 5.86. The van der Waals surface area contributed by atoms with E-state index in [2.05, 4.69) is 10.6 Å². The fourth-order valence-corrected chi connectivity index (χ4v) is 2.54. The maximum atomic E-state index is 11.9. The van der Waals surface area contributed by atoms with E-state index in [-0.39, 0.29) is 5.91 Å². The SMILES string of the molecule is CNC.Cc1cc2c(s1)Oc1ccccc1NC2=O. The molecule has 0 saturated heterocycles. The number of para-hydroxylation sites is 2. The first-order valence-electron chi connectivity index (χ1n) is 5.93. The van der Waals surface area contributed by atoms with Gasteiger partial charge in [-0.2, -0.15) is 0 Å². The van der Waals surface area contributed by atoms with Crippen LogP contribution in [-0.4, -0.2) is 20.0 Å². The summed E-state index contributed by atoms with van der Waals surface area (Å²) in [6, 6.07) is 9.28. The number of aryl methyl sites for hydroxylation is 1. The van der Waals surface area contributed by atoms with Crippen molar-refractivity contribution in [2.24, 2.45) is 0 Å². The van der Waals surface area contributed by atoms with Gasteiger partial charge in [0.05, 0.1) is 11.3 Å². The topological polar surface area (TPSA) is 50.4 Å². The average molecular weight is 276 g/mol. The molecule has 0 saturated carbocycles. The molecule has 0 fully saturated rings. The zero-order chi connectivity index (χ0) is 13.8. The van der Waals surface area contributed by atoms with Crippen LogP contribution in [0.25, 0.3) is 0 Å². The monoisotopic (exact) mass is 276 g/mol. The summed E-state index contributed by atoms with van der Waals surface area (Å²) in [6.07, 6.45) is 0. The molecule has 0 radical (unpaired) electrons. The highest BCUT2D eigenvalue weighted by Gasteiger charge is 2.22. The Morgan fingerprint density at radius 1 is 1.26 bits per heavy atom. The number of thiophene rings is 1. The molecule has 19 heavy (non-hydrogen) atoms. The lowest BCUT2D eigenvalue weighted by atomic mass is 10.2. The molecule has 0 bridgehead atoms. The number of rotatable bonds is 0. The van der Waals surface area contributed by atoms with Gasteiger partial charge in [0, 0.05) is 4.88 Å². The lowest BCUT2D eigenvalue weighted by Gasteiger charge is -2.05. The first-order chi connectivity index (χ1) is 9.15. The second-order valence-corrected chi connectivity index (χ2v) is 5.33. The Bertz CT molecular complexity index is 593. The number of hydrogen-bond acceptors (Lipinski definition) is 4. The Morgan fingerprint density at radius 3 is 2.68 bits per heavy atom. The maximum absolute atomic E-state index is 11.9. The molecule has 1 aliphatic heterocycles. The number of fused-ring (bicyclic) bond motifs is 2. The standard InChI is InChI=1S/C12H9NO2S.C2H7N/c1-7-6-8-11(14)13-9-4-2-3-5-10(9)15-12(8)16-7;1-3-2/h2-6H,1H3,(H,13,14);3H,1-2H3. The van der Waals surface area contributed by atoms with E-state index in [9.17, 15) is 4.79 Å².